The third kappa shape index (κ3) is 1.92. The fourth-order valence-corrected chi connectivity index (χ4v) is 4.24. The van der Waals surface area contributed by atoms with E-state index in [4.69, 9.17) is 10.2 Å². The maximum atomic E-state index is 12.7. The van der Waals surface area contributed by atoms with E-state index in [1.807, 2.05) is 31.2 Å². The number of nitrogens with zero attached hydrogens (tertiary/aromatic N) is 1. The number of sulfonamides is 1. The lowest BCUT2D eigenvalue weighted by Gasteiger charge is -2.22. The first-order valence-electron chi connectivity index (χ1n) is 6.45. The van der Waals surface area contributed by atoms with Crippen LogP contribution in [0.1, 0.15) is 18.2 Å². The average Bonchev–Trinajstić information content (AvgIpc) is 3.01. The highest BCUT2D eigenvalue weighted by atomic mass is 32.2. The van der Waals surface area contributed by atoms with Crippen molar-refractivity contribution in [3.05, 3.63) is 47.7 Å². The number of nitrogens with two attached hydrogens (primary N) is 1. The van der Waals surface area contributed by atoms with Crippen molar-refractivity contribution in [2.45, 2.75) is 31.0 Å². The first-order chi connectivity index (χ1) is 9.54. The molecule has 0 saturated heterocycles. The molecule has 2 N–H and O–H groups in total. The van der Waals surface area contributed by atoms with Gasteiger partial charge in [0.1, 0.15) is 5.76 Å². The lowest BCUT2D eigenvalue weighted by molar-refractivity contribution is 0.414. The highest BCUT2D eigenvalue weighted by molar-refractivity contribution is 7.92. The minimum absolute atomic E-state index is 0.0542. The van der Waals surface area contributed by atoms with Gasteiger partial charge < -0.3 is 10.2 Å². The van der Waals surface area contributed by atoms with Gasteiger partial charge in [0, 0.05) is 6.04 Å². The summed E-state index contributed by atoms with van der Waals surface area (Å²) in [6.45, 7) is 2.08. The molecular weight excluding hydrogens is 276 g/mol. The molecule has 2 aromatic rings. The predicted octanol–water partition coefficient (Wildman–Crippen LogP) is 1.88. The minimum atomic E-state index is -3.68. The van der Waals surface area contributed by atoms with Crippen LogP contribution in [0.5, 0.6) is 0 Å². The third-order valence-electron chi connectivity index (χ3n) is 3.50. The molecule has 20 heavy (non-hydrogen) atoms. The summed E-state index contributed by atoms with van der Waals surface area (Å²) in [5.74, 6) is 0.462. The monoisotopic (exact) mass is 292 g/mol. The van der Waals surface area contributed by atoms with Gasteiger partial charge in [-0.1, -0.05) is 18.2 Å². The Kier molecular flexibility index (Phi) is 3.07. The normalized spacial score (nSPS) is 18.3. The minimum Gasteiger partial charge on any atom is -0.446 e. The van der Waals surface area contributed by atoms with Crippen molar-refractivity contribution in [1.29, 1.82) is 0 Å². The molecule has 1 aliphatic heterocycles. The molecule has 3 rings (SSSR count). The summed E-state index contributed by atoms with van der Waals surface area (Å²) in [7, 11) is -3.68. The molecule has 0 saturated carbocycles. The lowest BCUT2D eigenvalue weighted by atomic mass is 10.1. The van der Waals surface area contributed by atoms with Gasteiger partial charge in [0.25, 0.3) is 10.0 Å². The zero-order chi connectivity index (χ0) is 14.3. The van der Waals surface area contributed by atoms with Gasteiger partial charge in [-0.25, -0.2) is 0 Å². The van der Waals surface area contributed by atoms with E-state index in [1.54, 1.807) is 6.07 Å². The number of hydrogen-bond donors (Lipinski definition) is 1. The number of benzene rings is 1. The Balaban J connectivity index is 2.07. The third-order valence-corrected chi connectivity index (χ3v) is 5.30. The Bertz CT molecular complexity index is 736. The van der Waals surface area contributed by atoms with Crippen LogP contribution < -0.4 is 10.0 Å². The number of anilines is 1. The SMILES string of the molecule is CC1Cc2ccccc2N1S(=O)(=O)c1ccc(CN)o1. The smallest absolute Gasteiger partial charge is 0.298 e. The van der Waals surface area contributed by atoms with Crippen molar-refractivity contribution < 1.29 is 12.8 Å². The summed E-state index contributed by atoms with van der Waals surface area (Å²) >= 11 is 0. The Morgan fingerprint density at radius 3 is 2.75 bits per heavy atom. The average molecular weight is 292 g/mol. The molecule has 0 bridgehead atoms. The van der Waals surface area contributed by atoms with E-state index in [-0.39, 0.29) is 17.7 Å². The first-order valence-corrected chi connectivity index (χ1v) is 7.89. The molecule has 0 radical (unpaired) electrons. The van der Waals surface area contributed by atoms with Crippen LogP contribution in [-0.2, 0) is 23.0 Å². The summed E-state index contributed by atoms with van der Waals surface area (Å²) in [5, 5.41) is -0.0542. The summed E-state index contributed by atoms with van der Waals surface area (Å²) in [5.41, 5.74) is 7.23. The Hall–Kier alpha value is -1.79. The molecule has 0 fully saturated rings. The molecule has 5 nitrogen and oxygen atoms in total. The van der Waals surface area contributed by atoms with Crippen LogP contribution in [0.3, 0.4) is 0 Å². The Labute approximate surface area is 118 Å². The Morgan fingerprint density at radius 1 is 1.30 bits per heavy atom. The van der Waals surface area contributed by atoms with Crippen LogP contribution in [0.25, 0.3) is 0 Å². The van der Waals surface area contributed by atoms with Crippen molar-refractivity contribution in [2.75, 3.05) is 4.31 Å². The van der Waals surface area contributed by atoms with Gasteiger partial charge in [0.2, 0.25) is 5.09 Å². The molecule has 106 valence electrons. The molecular formula is C14H16N2O3S. The number of rotatable bonds is 3. The van der Waals surface area contributed by atoms with Crippen molar-refractivity contribution in [3.8, 4) is 0 Å². The largest absolute Gasteiger partial charge is 0.446 e. The van der Waals surface area contributed by atoms with E-state index in [0.29, 0.717) is 12.2 Å². The summed E-state index contributed by atoms with van der Waals surface area (Å²) < 4.78 is 32.2. The molecule has 6 heteroatoms. The second-order valence-electron chi connectivity index (χ2n) is 4.91. The van der Waals surface area contributed by atoms with Gasteiger partial charge in [-0.15, -0.1) is 0 Å². The van der Waals surface area contributed by atoms with Crippen LogP contribution in [0.4, 0.5) is 5.69 Å². The number of fused-ring (bicyclic) bond motifs is 1. The number of furan rings is 1. The van der Waals surface area contributed by atoms with Gasteiger partial charge in [-0.2, -0.15) is 8.42 Å². The van der Waals surface area contributed by atoms with Crippen LogP contribution in [0.2, 0.25) is 0 Å². The topological polar surface area (TPSA) is 76.5 Å². The first kappa shape index (κ1) is 13.2. The molecule has 1 atom stereocenters. The van der Waals surface area contributed by atoms with E-state index in [9.17, 15) is 8.42 Å². The molecule has 1 aliphatic rings. The molecule has 2 heterocycles. The van der Waals surface area contributed by atoms with Gasteiger partial charge in [0.15, 0.2) is 0 Å². The molecule has 0 aliphatic carbocycles. The highest BCUT2D eigenvalue weighted by Crippen LogP contribution is 2.36. The number of hydrogen-bond acceptors (Lipinski definition) is 4. The van der Waals surface area contributed by atoms with E-state index in [0.717, 1.165) is 11.3 Å². The van der Waals surface area contributed by atoms with Crippen LogP contribution >= 0.6 is 0 Å². The van der Waals surface area contributed by atoms with Gasteiger partial charge in [-0.05, 0) is 37.1 Å². The standard InChI is InChI=1S/C14H16N2O3S/c1-10-8-11-4-2-3-5-13(11)16(10)20(17,18)14-7-6-12(9-15)19-14/h2-7,10H,8-9,15H2,1H3. The van der Waals surface area contributed by atoms with Gasteiger partial charge >= 0.3 is 0 Å². The predicted molar refractivity (Wildman–Crippen MR) is 75.9 cm³/mol. The summed E-state index contributed by atoms with van der Waals surface area (Å²) in [4.78, 5) is 0. The van der Waals surface area contributed by atoms with E-state index in [2.05, 4.69) is 0 Å². The fourth-order valence-electron chi connectivity index (χ4n) is 2.61. The second kappa shape index (κ2) is 4.64. The van der Waals surface area contributed by atoms with Crippen LogP contribution in [-0.4, -0.2) is 14.5 Å². The fraction of sp³-hybridized carbons (Fsp3) is 0.286. The lowest BCUT2D eigenvalue weighted by Crippen LogP contribution is -2.35. The zero-order valence-electron chi connectivity index (χ0n) is 11.1. The van der Waals surface area contributed by atoms with E-state index >= 15 is 0 Å². The maximum Gasteiger partial charge on any atom is 0.298 e. The van der Waals surface area contributed by atoms with Crippen molar-refractivity contribution >= 4 is 15.7 Å². The van der Waals surface area contributed by atoms with Gasteiger partial charge in [-0.3, -0.25) is 4.31 Å². The quantitative estimate of drug-likeness (QED) is 0.937. The van der Waals surface area contributed by atoms with Gasteiger partial charge in [0.05, 0.1) is 12.2 Å². The van der Waals surface area contributed by atoms with Crippen LogP contribution in [0, 0.1) is 0 Å². The summed E-state index contributed by atoms with van der Waals surface area (Å²) in [6, 6.07) is 10.5. The number of para-hydroxylation sites is 1. The Morgan fingerprint density at radius 2 is 2.05 bits per heavy atom. The van der Waals surface area contributed by atoms with E-state index < -0.39 is 10.0 Å². The maximum absolute atomic E-state index is 12.7. The molecule has 1 aromatic heterocycles. The second-order valence-corrected chi connectivity index (χ2v) is 6.65. The van der Waals surface area contributed by atoms with Crippen molar-refractivity contribution in [2.24, 2.45) is 5.73 Å². The van der Waals surface area contributed by atoms with Crippen LogP contribution in [0.15, 0.2) is 45.9 Å². The summed E-state index contributed by atoms with van der Waals surface area (Å²) in [6.07, 6.45) is 0.708. The molecule has 0 amide bonds. The van der Waals surface area contributed by atoms with Crippen molar-refractivity contribution in [1.82, 2.24) is 0 Å². The van der Waals surface area contributed by atoms with Crippen molar-refractivity contribution in [3.63, 3.8) is 0 Å². The molecule has 1 unspecified atom stereocenters. The zero-order valence-corrected chi connectivity index (χ0v) is 11.9. The highest BCUT2D eigenvalue weighted by Gasteiger charge is 2.37. The molecule has 1 aromatic carbocycles. The molecule has 0 spiro atoms. The van der Waals surface area contributed by atoms with E-state index in [1.165, 1.54) is 10.4 Å².